The number of nitrogens with two attached hydrogens (primary N) is 1. The van der Waals surface area contributed by atoms with E-state index in [9.17, 15) is 14.4 Å². The van der Waals surface area contributed by atoms with Crippen molar-refractivity contribution in [3.63, 3.8) is 0 Å². The van der Waals surface area contributed by atoms with Crippen molar-refractivity contribution < 1.29 is 19.2 Å². The van der Waals surface area contributed by atoms with Gasteiger partial charge in [-0.1, -0.05) is 38.1 Å². The van der Waals surface area contributed by atoms with Crippen molar-refractivity contribution in [2.45, 2.75) is 52.0 Å². The van der Waals surface area contributed by atoms with E-state index in [2.05, 4.69) is 39.5 Å². The number of amidine groups is 1. The van der Waals surface area contributed by atoms with Crippen LogP contribution in [0.5, 0.6) is 0 Å². The first-order valence-electron chi connectivity index (χ1n) is 15.9. The number of amides is 2. The first-order valence-corrected chi connectivity index (χ1v) is 15.9. The summed E-state index contributed by atoms with van der Waals surface area (Å²) in [4.78, 5) is 57.1. The van der Waals surface area contributed by atoms with Crippen LogP contribution in [0, 0.1) is 0 Å². The number of anilines is 2. The Balaban J connectivity index is 1.20. The van der Waals surface area contributed by atoms with Crippen LogP contribution in [0.2, 0.25) is 0 Å². The molecule has 1 saturated heterocycles. The van der Waals surface area contributed by atoms with Gasteiger partial charge in [-0.3, -0.25) is 9.59 Å². The van der Waals surface area contributed by atoms with Crippen LogP contribution in [-0.2, 0) is 9.63 Å². The molecule has 1 fully saturated rings. The van der Waals surface area contributed by atoms with Crippen LogP contribution in [0.25, 0.3) is 6.08 Å². The molecular weight excluding hydrogens is 582 g/mol. The highest BCUT2D eigenvalue weighted by Gasteiger charge is 2.24. The third-order valence-corrected chi connectivity index (χ3v) is 7.89. The Morgan fingerprint density at radius 3 is 2.52 bits per heavy atom. The minimum atomic E-state index is -0.418. The van der Waals surface area contributed by atoms with Crippen LogP contribution < -0.4 is 21.4 Å². The second-order valence-electron chi connectivity index (χ2n) is 11.5. The smallest absolute Gasteiger partial charge is 0.356 e. The average molecular weight is 624 g/mol. The van der Waals surface area contributed by atoms with Crippen LogP contribution >= 0.6 is 0 Å². The largest absolute Gasteiger partial charge is 0.387 e. The normalized spacial score (nSPS) is 16.0. The highest BCUT2D eigenvalue weighted by Crippen LogP contribution is 2.29. The molecule has 2 amide bonds. The molecule has 2 aromatic carbocycles. The monoisotopic (exact) mass is 623 g/mol. The predicted octanol–water partition coefficient (Wildman–Crippen LogP) is 5.09. The molecule has 46 heavy (non-hydrogen) atoms. The Morgan fingerprint density at radius 1 is 1.02 bits per heavy atom. The third-order valence-electron chi connectivity index (χ3n) is 7.89. The zero-order valence-electron chi connectivity index (χ0n) is 26.4. The minimum Gasteiger partial charge on any atom is -0.387 e. The molecule has 5 rings (SSSR count). The summed E-state index contributed by atoms with van der Waals surface area (Å²) in [6, 6.07) is 17.7. The number of hydrogen-bond donors (Lipinski definition) is 3. The number of aliphatic imine (C=N–C) groups is 1. The number of hydrogen-bond acceptors (Lipinski definition) is 9. The van der Waals surface area contributed by atoms with Gasteiger partial charge in [0.15, 0.2) is 0 Å². The topological polar surface area (TPSA) is 142 Å². The molecule has 3 aromatic rings. The molecule has 240 valence electrons. The van der Waals surface area contributed by atoms with Gasteiger partial charge in [0.2, 0.25) is 5.91 Å². The number of pyridine rings is 1. The molecule has 0 saturated carbocycles. The molecule has 2 aliphatic heterocycles. The predicted molar refractivity (Wildman–Crippen MR) is 180 cm³/mol. The van der Waals surface area contributed by atoms with Crippen molar-refractivity contribution in [1.82, 2.24) is 15.4 Å². The Bertz CT molecular complexity index is 1600. The van der Waals surface area contributed by atoms with E-state index in [0.29, 0.717) is 53.5 Å². The minimum absolute atomic E-state index is 0.0321. The van der Waals surface area contributed by atoms with Gasteiger partial charge in [-0.25, -0.2) is 14.8 Å². The SMILES string of the molecule is CCCN(CCC)C(=O)C1=Cc2ccc(C(=O)Nc3ccc(N4CCCC(NOC(=O)c5ccccc5)C4)nc3)cc2N=C(N)C1. The number of fused-ring (bicyclic) bond motifs is 1. The molecule has 4 N–H and O–H groups in total. The molecule has 0 aliphatic carbocycles. The molecule has 1 aromatic heterocycles. The van der Waals surface area contributed by atoms with Gasteiger partial charge in [0.25, 0.3) is 5.91 Å². The van der Waals surface area contributed by atoms with E-state index in [1.165, 1.54) is 0 Å². The zero-order valence-corrected chi connectivity index (χ0v) is 26.4. The van der Waals surface area contributed by atoms with Gasteiger partial charge in [-0.15, -0.1) is 5.48 Å². The molecule has 1 atom stereocenters. The lowest BCUT2D eigenvalue weighted by Gasteiger charge is -2.33. The molecule has 2 aliphatic rings. The molecule has 0 bridgehead atoms. The fourth-order valence-corrected chi connectivity index (χ4v) is 5.63. The first-order chi connectivity index (χ1) is 22.3. The number of carbonyl (C=O) groups is 3. The summed E-state index contributed by atoms with van der Waals surface area (Å²) in [5, 5.41) is 2.90. The summed E-state index contributed by atoms with van der Waals surface area (Å²) in [6.45, 7) is 6.92. The zero-order chi connectivity index (χ0) is 32.5. The van der Waals surface area contributed by atoms with E-state index in [0.717, 1.165) is 43.6 Å². The number of nitrogens with zero attached hydrogens (tertiary/aromatic N) is 4. The maximum atomic E-state index is 13.3. The molecule has 1 unspecified atom stereocenters. The van der Waals surface area contributed by atoms with Gasteiger partial charge in [0.1, 0.15) is 11.7 Å². The second kappa shape index (κ2) is 15.3. The van der Waals surface area contributed by atoms with Crippen LogP contribution in [-0.4, -0.2) is 65.7 Å². The van der Waals surface area contributed by atoms with E-state index >= 15 is 0 Å². The lowest BCUT2D eigenvalue weighted by atomic mass is 10.0. The van der Waals surface area contributed by atoms with Crippen molar-refractivity contribution in [3.05, 3.63) is 89.1 Å². The quantitative estimate of drug-likeness (QED) is 0.251. The van der Waals surface area contributed by atoms with Crippen molar-refractivity contribution in [2.75, 3.05) is 36.4 Å². The average Bonchev–Trinajstić information content (AvgIpc) is 3.25. The number of benzene rings is 2. The van der Waals surface area contributed by atoms with Gasteiger partial charge in [-0.2, -0.15) is 0 Å². The van der Waals surface area contributed by atoms with Crippen molar-refractivity contribution >= 4 is 46.9 Å². The summed E-state index contributed by atoms with van der Waals surface area (Å²) in [5.74, 6) is 0.333. The Hall–Kier alpha value is -5.03. The van der Waals surface area contributed by atoms with Crippen LogP contribution in [0.15, 0.2) is 77.4 Å². The van der Waals surface area contributed by atoms with E-state index in [1.54, 1.807) is 48.7 Å². The van der Waals surface area contributed by atoms with Crippen LogP contribution in [0.4, 0.5) is 17.2 Å². The van der Waals surface area contributed by atoms with E-state index < -0.39 is 5.97 Å². The molecule has 0 radical (unpaired) electrons. The van der Waals surface area contributed by atoms with E-state index in [-0.39, 0.29) is 24.3 Å². The molecular formula is C35H41N7O4. The maximum Gasteiger partial charge on any atom is 0.356 e. The standard InChI is InChI=1S/C35H41N7O4/c1-3-16-41(17-4-2)34(44)27-19-25-12-13-26(20-30(25)39-31(36)21-27)33(43)38-28-14-15-32(37-22-28)42-18-8-11-29(23-42)40-46-35(45)24-9-6-5-7-10-24/h5-7,9-10,12-15,19-20,22,29,40H,3-4,8,11,16-18,21,23H2,1-2H3,(H2,36,39)(H,38,43). The lowest BCUT2D eigenvalue weighted by Crippen LogP contribution is -2.46. The summed E-state index contributed by atoms with van der Waals surface area (Å²) < 4.78 is 0. The molecule has 11 nitrogen and oxygen atoms in total. The summed E-state index contributed by atoms with van der Waals surface area (Å²) in [6.07, 6.45) is 7.24. The number of piperidine rings is 1. The first kappa shape index (κ1) is 32.4. The molecule has 3 heterocycles. The summed E-state index contributed by atoms with van der Waals surface area (Å²) in [7, 11) is 0. The number of carbonyl (C=O) groups excluding carboxylic acids is 3. The van der Waals surface area contributed by atoms with Crippen LogP contribution in [0.3, 0.4) is 0 Å². The molecule has 0 spiro atoms. The van der Waals surface area contributed by atoms with Crippen molar-refractivity contribution in [3.8, 4) is 0 Å². The van der Waals surface area contributed by atoms with Gasteiger partial charge in [0, 0.05) is 49.3 Å². The summed E-state index contributed by atoms with van der Waals surface area (Å²) >= 11 is 0. The van der Waals surface area contributed by atoms with Crippen molar-refractivity contribution in [1.29, 1.82) is 0 Å². The Labute approximate surface area is 269 Å². The maximum absolute atomic E-state index is 13.3. The van der Waals surface area contributed by atoms with E-state index in [1.807, 2.05) is 29.2 Å². The number of nitrogens with one attached hydrogen (secondary N) is 2. The highest BCUT2D eigenvalue weighted by atomic mass is 16.7. The third kappa shape index (κ3) is 8.16. The van der Waals surface area contributed by atoms with Crippen molar-refractivity contribution in [2.24, 2.45) is 10.7 Å². The van der Waals surface area contributed by atoms with Gasteiger partial charge >= 0.3 is 5.97 Å². The number of aromatic nitrogens is 1. The van der Waals surface area contributed by atoms with Gasteiger partial charge in [-0.05, 0) is 68.2 Å². The Morgan fingerprint density at radius 2 is 1.80 bits per heavy atom. The van der Waals surface area contributed by atoms with E-state index in [4.69, 9.17) is 10.6 Å². The summed E-state index contributed by atoms with van der Waals surface area (Å²) in [5.41, 5.74) is 12.5. The highest BCUT2D eigenvalue weighted by molar-refractivity contribution is 6.08. The second-order valence-corrected chi connectivity index (χ2v) is 11.5. The lowest BCUT2D eigenvalue weighted by molar-refractivity contribution is -0.127. The number of rotatable bonds is 11. The van der Waals surface area contributed by atoms with Gasteiger partial charge in [0.05, 0.1) is 29.2 Å². The number of hydroxylamine groups is 1. The Kier molecular flexibility index (Phi) is 10.8. The fourth-order valence-electron chi connectivity index (χ4n) is 5.63. The van der Waals surface area contributed by atoms with Crippen LogP contribution in [0.1, 0.15) is 72.2 Å². The fraction of sp³-hybridized carbons (Fsp3) is 0.343. The van der Waals surface area contributed by atoms with Gasteiger partial charge < -0.3 is 25.7 Å². The molecule has 11 heteroatoms.